The lowest BCUT2D eigenvalue weighted by molar-refractivity contribution is -0.133. The molecule has 0 fully saturated rings. The molecule has 0 saturated heterocycles. The largest absolute Gasteiger partial charge is 0.331 e. The predicted molar refractivity (Wildman–Crippen MR) is 117 cm³/mol. The van der Waals surface area contributed by atoms with Gasteiger partial charge < -0.3 is 10.6 Å². The lowest BCUT2D eigenvalue weighted by Gasteiger charge is -2.21. The Labute approximate surface area is 183 Å². The molecule has 4 aromatic rings. The number of nitrogens with two attached hydrogens (primary N) is 1. The quantitative estimate of drug-likeness (QED) is 0.508. The van der Waals surface area contributed by atoms with Crippen molar-refractivity contribution in [1.82, 2.24) is 19.1 Å². The van der Waals surface area contributed by atoms with Crippen LogP contribution in [0.1, 0.15) is 28.4 Å². The third-order valence-electron chi connectivity index (χ3n) is 5.38. The number of hydrogen-bond acceptors (Lipinski definition) is 7. The number of aromatic nitrogens is 3. The summed E-state index contributed by atoms with van der Waals surface area (Å²) in [6.45, 7) is 2.45. The molecule has 158 valence electrons. The molecule has 3 heterocycles. The van der Waals surface area contributed by atoms with Crippen LogP contribution in [0.15, 0.2) is 59.1 Å². The van der Waals surface area contributed by atoms with E-state index >= 15 is 0 Å². The molecule has 31 heavy (non-hydrogen) atoms. The normalized spacial score (nSPS) is 14.7. The van der Waals surface area contributed by atoms with E-state index in [9.17, 15) is 13.2 Å². The van der Waals surface area contributed by atoms with Gasteiger partial charge in [0.05, 0.1) is 32.9 Å². The molecular formula is C21H19N5O3S2. The fourth-order valence-corrected chi connectivity index (χ4v) is 5.70. The zero-order chi connectivity index (χ0) is 21.8. The average molecular weight is 454 g/mol. The van der Waals surface area contributed by atoms with Crippen LogP contribution < -0.4 is 5.73 Å². The third-order valence-corrected chi connectivity index (χ3v) is 7.70. The molecule has 8 nitrogen and oxygen atoms in total. The Bertz CT molecular complexity index is 1400. The van der Waals surface area contributed by atoms with Gasteiger partial charge in [-0.25, -0.2) is 4.98 Å². The van der Waals surface area contributed by atoms with E-state index in [1.807, 2.05) is 31.2 Å². The molecule has 2 aromatic carbocycles. The topological polar surface area (TPSA) is 111 Å². The molecule has 10 heteroatoms. The molecule has 0 spiro atoms. The Kier molecular flexibility index (Phi) is 4.65. The van der Waals surface area contributed by atoms with Crippen LogP contribution in [-0.2, 0) is 27.9 Å². The van der Waals surface area contributed by atoms with Crippen molar-refractivity contribution < 1.29 is 13.2 Å². The number of hydrogen-bond donors (Lipinski definition) is 1. The van der Waals surface area contributed by atoms with E-state index in [-0.39, 0.29) is 23.9 Å². The Morgan fingerprint density at radius 1 is 1.19 bits per heavy atom. The van der Waals surface area contributed by atoms with Crippen LogP contribution in [0.3, 0.4) is 0 Å². The summed E-state index contributed by atoms with van der Waals surface area (Å²) >= 11 is 1.38. The second kappa shape index (κ2) is 7.26. The summed E-state index contributed by atoms with van der Waals surface area (Å²) in [6, 6.07) is 11.6. The molecule has 0 radical (unpaired) electrons. The van der Waals surface area contributed by atoms with Gasteiger partial charge in [-0.1, -0.05) is 29.8 Å². The Hall–Kier alpha value is -3.08. The standard InChI is InChI=1S/C21H19N5O3S2/c1-13-3-2-4-14(7-13)20(22)21(27)25-9-15-10-26(24-18(15)11-25)31(28,29)16-5-6-17-19(8-16)30-12-23-17/h2-8,10,12,20H,9,11,22H2,1H3/t20-/m1/s1. The minimum atomic E-state index is -3.83. The van der Waals surface area contributed by atoms with E-state index in [1.54, 1.807) is 22.5 Å². The van der Waals surface area contributed by atoms with Crippen LogP contribution >= 0.6 is 11.3 Å². The minimum absolute atomic E-state index is 0.153. The zero-order valence-corrected chi connectivity index (χ0v) is 18.2. The van der Waals surface area contributed by atoms with Crippen molar-refractivity contribution in [3.05, 3.63) is 76.6 Å². The summed E-state index contributed by atoms with van der Waals surface area (Å²) in [7, 11) is -3.83. The van der Waals surface area contributed by atoms with E-state index < -0.39 is 16.1 Å². The Morgan fingerprint density at radius 2 is 2.03 bits per heavy atom. The molecule has 1 amide bonds. The Morgan fingerprint density at radius 3 is 2.81 bits per heavy atom. The number of carbonyl (C=O) groups excluding carboxylic acids is 1. The summed E-state index contributed by atoms with van der Waals surface area (Å²) in [6.07, 6.45) is 1.48. The molecule has 2 N–H and O–H groups in total. The number of benzene rings is 2. The second-order valence-corrected chi connectivity index (χ2v) is 10.2. The van der Waals surface area contributed by atoms with Crippen molar-refractivity contribution in [2.75, 3.05) is 0 Å². The third kappa shape index (κ3) is 3.42. The van der Waals surface area contributed by atoms with Crippen molar-refractivity contribution in [2.24, 2.45) is 5.73 Å². The van der Waals surface area contributed by atoms with Gasteiger partial charge in [-0.3, -0.25) is 4.79 Å². The number of rotatable bonds is 4. The van der Waals surface area contributed by atoms with Gasteiger partial charge in [0.15, 0.2) is 0 Å². The molecule has 5 rings (SSSR count). The summed E-state index contributed by atoms with van der Waals surface area (Å²) in [5.74, 6) is -0.214. The smallest absolute Gasteiger partial charge is 0.283 e. The van der Waals surface area contributed by atoms with Gasteiger partial charge >= 0.3 is 0 Å². The van der Waals surface area contributed by atoms with E-state index in [1.165, 1.54) is 23.6 Å². The van der Waals surface area contributed by atoms with E-state index in [0.29, 0.717) is 11.3 Å². The zero-order valence-electron chi connectivity index (χ0n) is 16.6. The fraction of sp³-hybridized carbons (Fsp3) is 0.190. The van der Waals surface area contributed by atoms with E-state index in [4.69, 9.17) is 5.73 Å². The molecule has 2 aromatic heterocycles. The first-order chi connectivity index (χ1) is 14.8. The van der Waals surface area contributed by atoms with Crippen molar-refractivity contribution >= 4 is 37.5 Å². The monoisotopic (exact) mass is 453 g/mol. The summed E-state index contributed by atoms with van der Waals surface area (Å²) in [5.41, 5.74) is 11.7. The lowest BCUT2D eigenvalue weighted by Crippen LogP contribution is -2.35. The van der Waals surface area contributed by atoms with Crippen LogP contribution in [0.5, 0.6) is 0 Å². The van der Waals surface area contributed by atoms with Gasteiger partial charge in [0, 0.05) is 18.3 Å². The molecular weight excluding hydrogens is 434 g/mol. The highest BCUT2D eigenvalue weighted by Crippen LogP contribution is 2.28. The summed E-state index contributed by atoms with van der Waals surface area (Å²) in [5, 5.41) is 4.27. The maximum atomic E-state index is 13.0. The van der Waals surface area contributed by atoms with E-state index in [0.717, 1.165) is 25.4 Å². The fourth-order valence-electron chi connectivity index (χ4n) is 3.71. The molecule has 0 aliphatic carbocycles. The number of thiazole rings is 1. The number of amides is 1. The lowest BCUT2D eigenvalue weighted by atomic mass is 10.0. The van der Waals surface area contributed by atoms with Gasteiger partial charge in [-0.2, -0.15) is 17.6 Å². The molecule has 1 aliphatic rings. The molecule has 0 unspecified atom stereocenters. The number of nitrogens with zero attached hydrogens (tertiary/aromatic N) is 4. The van der Waals surface area contributed by atoms with Crippen LogP contribution in [0.25, 0.3) is 10.2 Å². The van der Waals surface area contributed by atoms with Gasteiger partial charge in [0.25, 0.3) is 10.0 Å². The van der Waals surface area contributed by atoms with E-state index in [2.05, 4.69) is 10.1 Å². The first-order valence-corrected chi connectivity index (χ1v) is 11.9. The summed E-state index contributed by atoms with van der Waals surface area (Å²) < 4.78 is 27.8. The van der Waals surface area contributed by atoms with Crippen molar-refractivity contribution in [2.45, 2.75) is 31.0 Å². The SMILES string of the molecule is Cc1cccc([C@@H](N)C(=O)N2Cc3cn(S(=O)(=O)c4ccc5ncsc5c4)nc3C2)c1. The Balaban J connectivity index is 1.37. The predicted octanol–water partition coefficient (Wildman–Crippen LogP) is 2.58. The number of aryl methyl sites for hydroxylation is 1. The second-order valence-electron chi connectivity index (χ2n) is 7.55. The average Bonchev–Trinajstić information content (AvgIpc) is 3.46. The van der Waals surface area contributed by atoms with Crippen LogP contribution in [0.2, 0.25) is 0 Å². The summed E-state index contributed by atoms with van der Waals surface area (Å²) in [4.78, 5) is 18.8. The molecule has 0 bridgehead atoms. The molecule has 0 saturated carbocycles. The van der Waals surface area contributed by atoms with Crippen LogP contribution in [0, 0.1) is 6.92 Å². The van der Waals surface area contributed by atoms with Gasteiger partial charge in [0.1, 0.15) is 6.04 Å². The maximum absolute atomic E-state index is 13.0. The van der Waals surface area contributed by atoms with Crippen molar-refractivity contribution in [3.8, 4) is 0 Å². The minimum Gasteiger partial charge on any atom is -0.331 e. The highest BCUT2D eigenvalue weighted by molar-refractivity contribution is 7.89. The first kappa shape index (κ1) is 19.9. The van der Waals surface area contributed by atoms with Gasteiger partial charge in [-0.05, 0) is 30.7 Å². The number of carbonyl (C=O) groups is 1. The first-order valence-electron chi connectivity index (χ1n) is 9.60. The van der Waals surface area contributed by atoms with Crippen LogP contribution in [0.4, 0.5) is 0 Å². The van der Waals surface area contributed by atoms with Gasteiger partial charge in [0.2, 0.25) is 5.91 Å². The van der Waals surface area contributed by atoms with Crippen molar-refractivity contribution in [1.29, 1.82) is 0 Å². The van der Waals surface area contributed by atoms with Gasteiger partial charge in [-0.15, -0.1) is 11.3 Å². The molecule has 1 atom stereocenters. The van der Waals surface area contributed by atoms with Crippen molar-refractivity contribution in [3.63, 3.8) is 0 Å². The number of fused-ring (bicyclic) bond motifs is 2. The highest BCUT2D eigenvalue weighted by Gasteiger charge is 2.32. The molecule has 1 aliphatic heterocycles. The van der Waals surface area contributed by atoms with Crippen LogP contribution in [-0.4, -0.2) is 33.4 Å². The highest BCUT2D eigenvalue weighted by atomic mass is 32.2. The maximum Gasteiger partial charge on any atom is 0.283 e.